The number of hydrogen-bond acceptors (Lipinski definition) is 5. The van der Waals surface area contributed by atoms with Gasteiger partial charge in [0.1, 0.15) is 5.82 Å². The Morgan fingerprint density at radius 3 is 2.55 bits per heavy atom. The lowest BCUT2D eigenvalue weighted by Gasteiger charge is -2.17. The zero-order valence-corrected chi connectivity index (χ0v) is 17.7. The molecule has 0 atom stereocenters. The fraction of sp³-hybridized carbons (Fsp3) is 0.250. The highest BCUT2D eigenvalue weighted by atomic mass is 16.1. The van der Waals surface area contributed by atoms with Crippen LogP contribution in [0.4, 0.5) is 11.5 Å². The Bertz CT molecular complexity index is 1240. The van der Waals surface area contributed by atoms with E-state index in [2.05, 4.69) is 20.3 Å². The molecule has 156 valence electrons. The first-order valence-electron chi connectivity index (χ1n) is 10.5. The van der Waals surface area contributed by atoms with Gasteiger partial charge in [0, 0.05) is 25.7 Å². The Hall–Kier alpha value is -3.74. The molecule has 5 rings (SSSR count). The number of carbonyl (C=O) groups is 1. The molecule has 1 N–H and O–H groups in total. The molecule has 0 radical (unpaired) electrons. The number of pyridine rings is 2. The second-order valence-corrected chi connectivity index (χ2v) is 7.88. The lowest BCUT2D eigenvalue weighted by atomic mass is 10.0. The van der Waals surface area contributed by atoms with Crippen LogP contribution >= 0.6 is 0 Å². The predicted octanol–water partition coefficient (Wildman–Crippen LogP) is 4.19. The smallest absolute Gasteiger partial charge is 0.257 e. The molecule has 0 unspecified atom stereocenters. The zero-order valence-electron chi connectivity index (χ0n) is 17.7. The SMILES string of the molecule is Cc1nn(C)c2nc(-c3ccccc3)cc(C(=O)Nc3ccc(N4CCCC4)cn3)c12. The monoisotopic (exact) mass is 412 g/mol. The summed E-state index contributed by atoms with van der Waals surface area (Å²) in [4.78, 5) is 24.8. The van der Waals surface area contributed by atoms with E-state index < -0.39 is 0 Å². The first-order valence-corrected chi connectivity index (χ1v) is 10.5. The summed E-state index contributed by atoms with van der Waals surface area (Å²) >= 11 is 0. The minimum atomic E-state index is -0.220. The summed E-state index contributed by atoms with van der Waals surface area (Å²) in [7, 11) is 1.84. The molecule has 4 aromatic rings. The summed E-state index contributed by atoms with van der Waals surface area (Å²) in [6.07, 6.45) is 4.25. The standard InChI is InChI=1S/C24H24N6O/c1-16-22-19(14-20(17-8-4-3-5-9-17)26-23(22)29(2)28-16)24(31)27-21-11-10-18(15-25-21)30-12-6-7-13-30/h3-5,8-11,14-15H,6-7,12-13H2,1-2H3,(H,25,27,31). The minimum Gasteiger partial charge on any atom is -0.370 e. The number of rotatable bonds is 4. The Kier molecular flexibility index (Phi) is 4.86. The highest BCUT2D eigenvalue weighted by Crippen LogP contribution is 2.27. The maximum absolute atomic E-state index is 13.3. The van der Waals surface area contributed by atoms with Crippen LogP contribution in [0.3, 0.4) is 0 Å². The molecular formula is C24H24N6O. The van der Waals surface area contributed by atoms with Gasteiger partial charge < -0.3 is 10.2 Å². The molecule has 1 aliphatic heterocycles. The number of benzene rings is 1. The van der Waals surface area contributed by atoms with Crippen LogP contribution in [0.2, 0.25) is 0 Å². The van der Waals surface area contributed by atoms with Crippen molar-refractivity contribution < 1.29 is 4.79 Å². The Balaban J connectivity index is 1.50. The summed E-state index contributed by atoms with van der Waals surface area (Å²) in [5.41, 5.74) is 4.77. The highest BCUT2D eigenvalue weighted by Gasteiger charge is 2.20. The van der Waals surface area contributed by atoms with Crippen LogP contribution < -0.4 is 10.2 Å². The normalized spacial score (nSPS) is 13.7. The van der Waals surface area contributed by atoms with E-state index >= 15 is 0 Å². The summed E-state index contributed by atoms with van der Waals surface area (Å²) < 4.78 is 1.72. The van der Waals surface area contributed by atoms with E-state index in [1.165, 1.54) is 12.8 Å². The number of carbonyl (C=O) groups excluding carboxylic acids is 1. The van der Waals surface area contributed by atoms with E-state index in [0.29, 0.717) is 17.0 Å². The third kappa shape index (κ3) is 3.63. The van der Waals surface area contributed by atoms with Crippen molar-refractivity contribution in [2.24, 2.45) is 7.05 Å². The van der Waals surface area contributed by atoms with Gasteiger partial charge in [-0.05, 0) is 38.0 Å². The van der Waals surface area contributed by atoms with Gasteiger partial charge in [-0.15, -0.1) is 0 Å². The van der Waals surface area contributed by atoms with Crippen molar-refractivity contribution in [2.45, 2.75) is 19.8 Å². The molecule has 4 heterocycles. The molecule has 1 fully saturated rings. The van der Waals surface area contributed by atoms with E-state index in [1.807, 2.05) is 68.7 Å². The van der Waals surface area contributed by atoms with Gasteiger partial charge in [-0.2, -0.15) is 5.10 Å². The maximum Gasteiger partial charge on any atom is 0.257 e. The molecule has 1 aromatic carbocycles. The second kappa shape index (κ2) is 7.83. The van der Waals surface area contributed by atoms with Gasteiger partial charge >= 0.3 is 0 Å². The number of fused-ring (bicyclic) bond motifs is 1. The van der Waals surface area contributed by atoms with Gasteiger partial charge in [-0.3, -0.25) is 9.48 Å². The third-order valence-corrected chi connectivity index (χ3v) is 5.74. The molecule has 0 aliphatic carbocycles. The number of nitrogens with one attached hydrogen (secondary N) is 1. The van der Waals surface area contributed by atoms with Crippen LogP contribution in [0.15, 0.2) is 54.7 Å². The van der Waals surface area contributed by atoms with Crippen molar-refractivity contribution in [3.63, 3.8) is 0 Å². The molecule has 3 aromatic heterocycles. The van der Waals surface area contributed by atoms with E-state index in [4.69, 9.17) is 4.98 Å². The molecule has 0 saturated carbocycles. The molecular weight excluding hydrogens is 388 g/mol. The van der Waals surface area contributed by atoms with Crippen LogP contribution in [0.1, 0.15) is 28.9 Å². The van der Waals surface area contributed by atoms with Crippen LogP contribution in [-0.4, -0.2) is 38.7 Å². The molecule has 0 bridgehead atoms. The third-order valence-electron chi connectivity index (χ3n) is 5.74. The van der Waals surface area contributed by atoms with Crippen LogP contribution in [0.5, 0.6) is 0 Å². The number of aromatic nitrogens is 4. The Morgan fingerprint density at radius 2 is 1.84 bits per heavy atom. The first kappa shape index (κ1) is 19.2. The molecule has 1 saturated heterocycles. The van der Waals surface area contributed by atoms with Crippen LogP contribution in [-0.2, 0) is 7.05 Å². The van der Waals surface area contributed by atoms with Gasteiger partial charge in [0.05, 0.1) is 34.2 Å². The van der Waals surface area contributed by atoms with Crippen LogP contribution in [0.25, 0.3) is 22.3 Å². The second-order valence-electron chi connectivity index (χ2n) is 7.88. The van der Waals surface area contributed by atoms with Crippen molar-refractivity contribution in [1.82, 2.24) is 19.7 Å². The van der Waals surface area contributed by atoms with Crippen molar-refractivity contribution in [1.29, 1.82) is 0 Å². The van der Waals surface area contributed by atoms with Crippen molar-refractivity contribution in [2.75, 3.05) is 23.3 Å². The zero-order chi connectivity index (χ0) is 21.4. The fourth-order valence-electron chi connectivity index (χ4n) is 4.19. The quantitative estimate of drug-likeness (QED) is 0.544. The highest BCUT2D eigenvalue weighted by molar-refractivity contribution is 6.13. The summed E-state index contributed by atoms with van der Waals surface area (Å²) in [6, 6.07) is 15.6. The van der Waals surface area contributed by atoms with Gasteiger partial charge in [0.15, 0.2) is 5.65 Å². The van der Waals surface area contributed by atoms with Gasteiger partial charge in [-0.25, -0.2) is 9.97 Å². The van der Waals surface area contributed by atoms with E-state index in [1.54, 1.807) is 4.68 Å². The van der Waals surface area contributed by atoms with Gasteiger partial charge in [0.2, 0.25) is 0 Å². The lowest BCUT2D eigenvalue weighted by molar-refractivity contribution is 0.102. The lowest BCUT2D eigenvalue weighted by Crippen LogP contribution is -2.18. The van der Waals surface area contributed by atoms with Crippen molar-refractivity contribution in [3.8, 4) is 11.3 Å². The average Bonchev–Trinajstić information content (AvgIpc) is 3.43. The molecule has 1 aliphatic rings. The van der Waals surface area contributed by atoms with E-state index in [-0.39, 0.29) is 5.91 Å². The molecule has 1 amide bonds. The topological polar surface area (TPSA) is 75.9 Å². The fourth-order valence-corrected chi connectivity index (χ4v) is 4.19. The predicted molar refractivity (Wildman–Crippen MR) is 122 cm³/mol. The summed E-state index contributed by atoms with van der Waals surface area (Å²) in [6.45, 7) is 4.02. The van der Waals surface area contributed by atoms with Gasteiger partial charge in [-0.1, -0.05) is 30.3 Å². The number of aryl methyl sites for hydroxylation is 2. The van der Waals surface area contributed by atoms with Crippen molar-refractivity contribution in [3.05, 3.63) is 66.0 Å². The van der Waals surface area contributed by atoms with Crippen LogP contribution in [0, 0.1) is 6.92 Å². The minimum absolute atomic E-state index is 0.220. The number of nitrogens with zero attached hydrogens (tertiary/aromatic N) is 5. The Morgan fingerprint density at radius 1 is 1.06 bits per heavy atom. The van der Waals surface area contributed by atoms with Gasteiger partial charge in [0.25, 0.3) is 5.91 Å². The maximum atomic E-state index is 13.3. The average molecular weight is 412 g/mol. The van der Waals surface area contributed by atoms with Crippen molar-refractivity contribution >= 4 is 28.4 Å². The molecule has 31 heavy (non-hydrogen) atoms. The van der Waals surface area contributed by atoms with E-state index in [9.17, 15) is 4.79 Å². The molecule has 7 nitrogen and oxygen atoms in total. The largest absolute Gasteiger partial charge is 0.370 e. The number of amides is 1. The summed E-state index contributed by atoms with van der Waals surface area (Å²) in [5, 5.41) is 8.19. The molecule has 0 spiro atoms. The number of hydrogen-bond donors (Lipinski definition) is 1. The Labute approximate surface area is 180 Å². The molecule has 7 heteroatoms. The van der Waals surface area contributed by atoms with E-state index in [0.717, 1.165) is 41.1 Å². The summed E-state index contributed by atoms with van der Waals surface area (Å²) in [5.74, 6) is 0.308. The first-order chi connectivity index (χ1) is 15.1. The number of anilines is 2.